The maximum absolute atomic E-state index is 12.7. The zero-order valence-corrected chi connectivity index (χ0v) is 14.8. The Balaban J connectivity index is 1.59. The molecule has 1 aliphatic rings. The Hall–Kier alpha value is -3.19. The van der Waals surface area contributed by atoms with Crippen LogP contribution in [0.1, 0.15) is 29.3 Å². The first kappa shape index (κ1) is 16.3. The van der Waals surface area contributed by atoms with Crippen LogP contribution in [-0.2, 0) is 0 Å². The van der Waals surface area contributed by atoms with Gasteiger partial charge in [0.2, 0.25) is 0 Å². The van der Waals surface area contributed by atoms with Gasteiger partial charge in [0.25, 0.3) is 0 Å². The van der Waals surface area contributed by atoms with Crippen LogP contribution in [0.5, 0.6) is 0 Å². The minimum Gasteiger partial charge on any atom is -0.289 e. The smallest absolute Gasteiger partial charge is 0.186 e. The number of carbonyl (C=O) groups is 1. The van der Waals surface area contributed by atoms with Gasteiger partial charge >= 0.3 is 0 Å². The molecule has 26 heavy (non-hydrogen) atoms. The lowest BCUT2D eigenvalue weighted by Crippen LogP contribution is -2.00. The average Bonchev–Trinajstić information content (AvgIpc) is 2.69. The molecule has 0 fully saturated rings. The number of hydrogen-bond donors (Lipinski definition) is 0. The summed E-state index contributed by atoms with van der Waals surface area (Å²) in [7, 11) is 0. The largest absolute Gasteiger partial charge is 0.289 e. The molecule has 0 aliphatic heterocycles. The summed E-state index contributed by atoms with van der Waals surface area (Å²) in [6.07, 6.45) is 6.93. The van der Waals surface area contributed by atoms with Crippen molar-refractivity contribution in [3.8, 4) is 0 Å². The van der Waals surface area contributed by atoms with Crippen molar-refractivity contribution in [2.24, 2.45) is 0 Å². The molecule has 4 rings (SSSR count). The van der Waals surface area contributed by atoms with Crippen LogP contribution < -0.4 is 0 Å². The molecule has 3 aromatic carbocycles. The molecule has 0 spiro atoms. The predicted octanol–water partition coefficient (Wildman–Crippen LogP) is 6.38. The third-order valence-electron chi connectivity index (χ3n) is 4.87. The van der Waals surface area contributed by atoms with Gasteiger partial charge in [0, 0.05) is 5.56 Å². The lowest BCUT2D eigenvalue weighted by atomic mass is 9.90. The molecule has 1 heteroatoms. The summed E-state index contributed by atoms with van der Waals surface area (Å²) in [5.74, 6) is 0.0649. The Kier molecular flexibility index (Phi) is 4.37. The second-order valence-corrected chi connectivity index (χ2v) is 6.65. The van der Waals surface area contributed by atoms with Gasteiger partial charge in [-0.05, 0) is 58.5 Å². The quantitative estimate of drug-likeness (QED) is 0.400. The lowest BCUT2D eigenvalue weighted by Gasteiger charge is -2.14. The van der Waals surface area contributed by atoms with Crippen LogP contribution in [0.15, 0.2) is 102 Å². The van der Waals surface area contributed by atoms with E-state index < -0.39 is 0 Å². The third-order valence-corrected chi connectivity index (χ3v) is 4.87. The van der Waals surface area contributed by atoms with Gasteiger partial charge in [-0.25, -0.2) is 0 Å². The molecule has 0 unspecified atom stereocenters. The first-order valence-corrected chi connectivity index (χ1v) is 8.89. The summed E-state index contributed by atoms with van der Waals surface area (Å²) in [5, 5.41) is 2.25. The van der Waals surface area contributed by atoms with Crippen LogP contribution in [0.3, 0.4) is 0 Å². The van der Waals surface area contributed by atoms with E-state index in [1.165, 1.54) is 11.1 Å². The minimum absolute atomic E-state index is 0.0649. The van der Waals surface area contributed by atoms with Crippen LogP contribution in [0.4, 0.5) is 0 Å². The number of benzene rings is 3. The molecular formula is C25H20O. The average molecular weight is 336 g/mol. The van der Waals surface area contributed by atoms with E-state index in [9.17, 15) is 4.79 Å². The van der Waals surface area contributed by atoms with E-state index in [0.717, 1.165) is 33.9 Å². The van der Waals surface area contributed by atoms with E-state index in [2.05, 4.69) is 37.3 Å². The highest BCUT2D eigenvalue weighted by Crippen LogP contribution is 2.29. The van der Waals surface area contributed by atoms with Crippen LogP contribution >= 0.6 is 0 Å². The molecule has 0 saturated heterocycles. The fraction of sp³-hybridized carbons (Fsp3) is 0.0800. The van der Waals surface area contributed by atoms with E-state index in [0.29, 0.717) is 0 Å². The second kappa shape index (κ2) is 6.97. The number of hydrogen-bond acceptors (Lipinski definition) is 1. The van der Waals surface area contributed by atoms with Gasteiger partial charge < -0.3 is 0 Å². The van der Waals surface area contributed by atoms with Gasteiger partial charge in [0.05, 0.1) is 0 Å². The van der Waals surface area contributed by atoms with Crippen molar-refractivity contribution in [3.63, 3.8) is 0 Å². The number of ketones is 1. The molecule has 0 aromatic heterocycles. The Morgan fingerprint density at radius 1 is 0.885 bits per heavy atom. The van der Waals surface area contributed by atoms with Crippen LogP contribution in [0.2, 0.25) is 0 Å². The molecule has 0 N–H and O–H groups in total. The SMILES string of the molecule is CC1=CC(c2ccccc2)=CCC1=CC(=O)c1ccc2ccccc2c1. The van der Waals surface area contributed by atoms with Gasteiger partial charge in [0.1, 0.15) is 0 Å². The molecule has 1 aliphatic carbocycles. The second-order valence-electron chi connectivity index (χ2n) is 6.65. The standard InChI is InChI=1S/C25H20O/c1-18-15-23(19-7-3-2-4-8-19)13-12-21(18)17-25(26)24-14-11-20-9-5-6-10-22(20)16-24/h2-11,13-17H,12H2,1H3. The molecule has 1 nitrogen and oxygen atoms in total. The Labute approximate surface area is 154 Å². The maximum Gasteiger partial charge on any atom is 0.186 e. The van der Waals surface area contributed by atoms with Crippen molar-refractivity contribution < 1.29 is 4.79 Å². The normalized spacial score (nSPS) is 15.7. The van der Waals surface area contributed by atoms with Crippen LogP contribution in [0, 0.1) is 0 Å². The number of fused-ring (bicyclic) bond motifs is 1. The molecule has 0 radical (unpaired) electrons. The summed E-state index contributed by atoms with van der Waals surface area (Å²) in [4.78, 5) is 12.7. The zero-order chi connectivity index (χ0) is 17.9. The van der Waals surface area contributed by atoms with Crippen LogP contribution in [-0.4, -0.2) is 5.78 Å². The highest BCUT2D eigenvalue weighted by atomic mass is 16.1. The molecular weight excluding hydrogens is 316 g/mol. The van der Waals surface area contributed by atoms with Gasteiger partial charge in [-0.3, -0.25) is 4.79 Å². The van der Waals surface area contributed by atoms with Crippen molar-refractivity contribution in [1.82, 2.24) is 0 Å². The van der Waals surface area contributed by atoms with E-state index in [1.54, 1.807) is 6.08 Å². The first-order chi connectivity index (χ1) is 12.7. The molecule has 0 atom stereocenters. The van der Waals surface area contributed by atoms with E-state index in [-0.39, 0.29) is 5.78 Å². The highest BCUT2D eigenvalue weighted by molar-refractivity contribution is 6.07. The third kappa shape index (κ3) is 3.29. The fourth-order valence-corrected chi connectivity index (χ4v) is 3.35. The lowest BCUT2D eigenvalue weighted by molar-refractivity contribution is 0.104. The van der Waals surface area contributed by atoms with Crippen molar-refractivity contribution >= 4 is 22.1 Å². The number of carbonyl (C=O) groups excluding carboxylic acids is 1. The van der Waals surface area contributed by atoms with E-state index in [4.69, 9.17) is 0 Å². The van der Waals surface area contributed by atoms with Crippen molar-refractivity contribution in [2.45, 2.75) is 13.3 Å². The molecule has 126 valence electrons. The monoisotopic (exact) mass is 336 g/mol. The summed E-state index contributed by atoms with van der Waals surface area (Å²) in [6.45, 7) is 2.08. The highest BCUT2D eigenvalue weighted by Gasteiger charge is 2.12. The molecule has 0 amide bonds. The summed E-state index contributed by atoms with van der Waals surface area (Å²) < 4.78 is 0. The van der Waals surface area contributed by atoms with Gasteiger partial charge in [-0.15, -0.1) is 0 Å². The van der Waals surface area contributed by atoms with Crippen molar-refractivity contribution in [3.05, 3.63) is 113 Å². The summed E-state index contributed by atoms with van der Waals surface area (Å²) in [5.41, 5.74) is 5.41. The zero-order valence-electron chi connectivity index (χ0n) is 14.8. The molecule has 3 aromatic rings. The van der Waals surface area contributed by atoms with E-state index in [1.807, 2.05) is 54.6 Å². The fourth-order valence-electron chi connectivity index (χ4n) is 3.35. The Bertz CT molecular complexity index is 1070. The minimum atomic E-state index is 0.0649. The van der Waals surface area contributed by atoms with Crippen LogP contribution in [0.25, 0.3) is 16.3 Å². The van der Waals surface area contributed by atoms with Crippen molar-refractivity contribution in [2.75, 3.05) is 0 Å². The number of rotatable bonds is 3. The molecule has 0 heterocycles. The Morgan fingerprint density at radius 2 is 1.62 bits per heavy atom. The van der Waals surface area contributed by atoms with E-state index >= 15 is 0 Å². The molecule has 0 saturated carbocycles. The summed E-state index contributed by atoms with van der Waals surface area (Å²) >= 11 is 0. The maximum atomic E-state index is 12.7. The topological polar surface area (TPSA) is 17.1 Å². The first-order valence-electron chi connectivity index (χ1n) is 8.89. The summed E-state index contributed by atoms with van der Waals surface area (Å²) in [6, 6.07) is 24.4. The predicted molar refractivity (Wildman–Crippen MR) is 109 cm³/mol. The van der Waals surface area contributed by atoms with Gasteiger partial charge in [-0.2, -0.15) is 0 Å². The van der Waals surface area contributed by atoms with Gasteiger partial charge in [0.15, 0.2) is 5.78 Å². The number of allylic oxidation sites excluding steroid dienone is 6. The Morgan fingerprint density at radius 3 is 2.38 bits per heavy atom. The molecule has 0 bridgehead atoms. The van der Waals surface area contributed by atoms with Crippen molar-refractivity contribution in [1.29, 1.82) is 0 Å². The van der Waals surface area contributed by atoms with Gasteiger partial charge in [-0.1, -0.05) is 78.9 Å².